The number of fused-ring (bicyclic) bond motifs is 3. The summed E-state index contributed by atoms with van der Waals surface area (Å²) < 4.78 is 19.5. The van der Waals surface area contributed by atoms with Crippen LogP contribution in [0.15, 0.2) is 18.2 Å². The van der Waals surface area contributed by atoms with Gasteiger partial charge in [0.05, 0.1) is 17.1 Å². The third-order valence-corrected chi connectivity index (χ3v) is 5.10. The van der Waals surface area contributed by atoms with E-state index in [1.807, 2.05) is 25.1 Å². The number of rotatable bonds is 8. The molecule has 1 atom stereocenters. The van der Waals surface area contributed by atoms with Gasteiger partial charge in [-0.25, -0.2) is 9.97 Å². The molecule has 3 aromatic rings. The minimum absolute atomic E-state index is 0.184. The molecule has 4 rings (SSSR count). The summed E-state index contributed by atoms with van der Waals surface area (Å²) in [6.45, 7) is 7.48. The summed E-state index contributed by atoms with van der Waals surface area (Å²) in [6.07, 6.45) is 3.33. The van der Waals surface area contributed by atoms with Gasteiger partial charge in [0.25, 0.3) is 0 Å². The molecule has 7 heteroatoms. The van der Waals surface area contributed by atoms with Crippen LogP contribution in [0.1, 0.15) is 38.9 Å². The molecule has 1 aliphatic heterocycles. The van der Waals surface area contributed by atoms with Crippen LogP contribution in [0.2, 0.25) is 0 Å². The van der Waals surface area contributed by atoms with Gasteiger partial charge in [0.2, 0.25) is 0 Å². The summed E-state index contributed by atoms with van der Waals surface area (Å²) >= 11 is 0. The van der Waals surface area contributed by atoms with E-state index >= 15 is 0 Å². The van der Waals surface area contributed by atoms with Crippen LogP contribution < -0.4 is 10.5 Å². The molecule has 0 radical (unpaired) electrons. The maximum Gasteiger partial charge on any atom is 0.152 e. The first kappa shape index (κ1) is 19.0. The Balaban J connectivity index is 1.77. The van der Waals surface area contributed by atoms with E-state index in [-0.39, 0.29) is 6.10 Å². The highest BCUT2D eigenvalue weighted by Crippen LogP contribution is 2.32. The summed E-state index contributed by atoms with van der Waals surface area (Å²) in [6, 6.07) is 5.94. The highest BCUT2D eigenvalue weighted by atomic mass is 16.5. The van der Waals surface area contributed by atoms with Gasteiger partial charge >= 0.3 is 0 Å². The van der Waals surface area contributed by atoms with Crippen molar-refractivity contribution in [3.05, 3.63) is 24.0 Å². The molecule has 1 aliphatic rings. The Morgan fingerprint density at radius 2 is 2.18 bits per heavy atom. The van der Waals surface area contributed by atoms with Crippen molar-refractivity contribution in [2.75, 3.05) is 25.6 Å². The van der Waals surface area contributed by atoms with Crippen LogP contribution in [0.25, 0.3) is 21.9 Å². The Bertz CT molecular complexity index is 963. The summed E-state index contributed by atoms with van der Waals surface area (Å²) in [5.41, 5.74) is 8.81. The van der Waals surface area contributed by atoms with Crippen molar-refractivity contribution in [2.24, 2.45) is 0 Å². The summed E-state index contributed by atoms with van der Waals surface area (Å²) in [5, 5.41) is 0.998. The third kappa shape index (κ3) is 3.64. The molecule has 0 aliphatic carbocycles. The van der Waals surface area contributed by atoms with E-state index in [4.69, 9.17) is 24.9 Å². The molecule has 0 amide bonds. The molecular weight excluding hydrogens is 356 g/mol. The van der Waals surface area contributed by atoms with Crippen LogP contribution in [0.3, 0.4) is 0 Å². The summed E-state index contributed by atoms with van der Waals surface area (Å²) in [7, 11) is 0. The lowest BCUT2D eigenvalue weighted by Crippen LogP contribution is -2.16. The van der Waals surface area contributed by atoms with Crippen molar-refractivity contribution in [1.29, 1.82) is 0 Å². The molecule has 2 N–H and O–H groups in total. The van der Waals surface area contributed by atoms with Gasteiger partial charge in [0.15, 0.2) is 5.82 Å². The monoisotopic (exact) mass is 384 g/mol. The number of nitrogen functional groups attached to an aromatic ring is 1. The van der Waals surface area contributed by atoms with Crippen molar-refractivity contribution in [3.63, 3.8) is 0 Å². The topological polar surface area (TPSA) is 84.4 Å². The minimum Gasteiger partial charge on any atom is -0.491 e. The second-order valence-corrected chi connectivity index (χ2v) is 7.14. The van der Waals surface area contributed by atoms with Gasteiger partial charge in [-0.1, -0.05) is 6.92 Å². The number of benzene rings is 1. The maximum absolute atomic E-state index is 6.23. The van der Waals surface area contributed by atoms with Crippen LogP contribution in [0.4, 0.5) is 5.82 Å². The first-order chi connectivity index (χ1) is 13.7. The number of ether oxygens (including phenoxy) is 3. The normalized spacial score (nSPS) is 17.0. The number of pyridine rings is 1. The van der Waals surface area contributed by atoms with Crippen LogP contribution in [0, 0.1) is 0 Å². The van der Waals surface area contributed by atoms with E-state index in [0.717, 1.165) is 65.9 Å². The number of aryl methyl sites for hydroxylation is 1. The first-order valence-corrected chi connectivity index (χ1v) is 10.1. The van der Waals surface area contributed by atoms with Gasteiger partial charge in [-0.2, -0.15) is 0 Å². The van der Waals surface area contributed by atoms with E-state index in [9.17, 15) is 0 Å². The number of nitrogens with zero attached hydrogens (tertiary/aromatic N) is 3. The molecule has 0 bridgehead atoms. The van der Waals surface area contributed by atoms with Crippen LogP contribution in [-0.2, 0) is 22.6 Å². The Morgan fingerprint density at radius 3 is 2.93 bits per heavy atom. The zero-order valence-electron chi connectivity index (χ0n) is 16.6. The Kier molecular flexibility index (Phi) is 5.64. The zero-order chi connectivity index (χ0) is 19.5. The van der Waals surface area contributed by atoms with E-state index in [1.165, 1.54) is 0 Å². The smallest absolute Gasteiger partial charge is 0.152 e. The van der Waals surface area contributed by atoms with Crippen molar-refractivity contribution < 1.29 is 14.2 Å². The van der Waals surface area contributed by atoms with Crippen LogP contribution in [-0.4, -0.2) is 40.5 Å². The minimum atomic E-state index is 0.184. The summed E-state index contributed by atoms with van der Waals surface area (Å²) in [5.74, 6) is 2.14. The summed E-state index contributed by atoms with van der Waals surface area (Å²) in [4.78, 5) is 9.31. The highest BCUT2D eigenvalue weighted by Gasteiger charge is 2.19. The quantitative estimate of drug-likeness (QED) is 0.638. The largest absolute Gasteiger partial charge is 0.491 e. The van der Waals surface area contributed by atoms with Gasteiger partial charge in [-0.15, -0.1) is 0 Å². The molecule has 1 saturated heterocycles. The number of aromatic nitrogens is 3. The van der Waals surface area contributed by atoms with Gasteiger partial charge in [-0.3, -0.25) is 0 Å². The number of nitrogens with two attached hydrogens (primary N) is 1. The lowest BCUT2D eigenvalue weighted by atomic mass is 10.1. The second kappa shape index (κ2) is 8.32. The molecule has 28 heavy (non-hydrogen) atoms. The number of hydrogen-bond donors (Lipinski definition) is 1. The fourth-order valence-corrected chi connectivity index (χ4v) is 3.76. The molecule has 3 heterocycles. The molecule has 0 saturated carbocycles. The number of anilines is 1. The predicted molar refractivity (Wildman–Crippen MR) is 110 cm³/mol. The molecule has 2 aromatic heterocycles. The van der Waals surface area contributed by atoms with Gasteiger partial charge in [0.1, 0.15) is 30.3 Å². The van der Waals surface area contributed by atoms with E-state index in [2.05, 4.69) is 16.5 Å². The van der Waals surface area contributed by atoms with Crippen molar-refractivity contribution in [3.8, 4) is 5.75 Å². The fourth-order valence-electron chi connectivity index (χ4n) is 3.76. The second-order valence-electron chi connectivity index (χ2n) is 7.14. The lowest BCUT2D eigenvalue weighted by Gasteiger charge is -2.13. The Labute approximate surface area is 164 Å². The van der Waals surface area contributed by atoms with Crippen molar-refractivity contribution in [2.45, 2.75) is 52.4 Å². The SMILES string of the molecule is CCCn1c(COCC)nc2c(N)nc3ccc(OCC4CCCO4)cc3c21. The average molecular weight is 384 g/mol. The maximum atomic E-state index is 6.23. The molecular formula is C21H28N4O3. The van der Waals surface area contributed by atoms with E-state index in [0.29, 0.717) is 25.6 Å². The molecule has 1 fully saturated rings. The van der Waals surface area contributed by atoms with Crippen molar-refractivity contribution >= 4 is 27.8 Å². The van der Waals surface area contributed by atoms with Gasteiger partial charge < -0.3 is 24.5 Å². The van der Waals surface area contributed by atoms with Gasteiger partial charge in [-0.05, 0) is 44.4 Å². The zero-order valence-corrected chi connectivity index (χ0v) is 16.6. The van der Waals surface area contributed by atoms with Gasteiger partial charge in [0, 0.05) is 25.1 Å². The Morgan fingerprint density at radius 1 is 1.29 bits per heavy atom. The first-order valence-electron chi connectivity index (χ1n) is 10.1. The lowest BCUT2D eigenvalue weighted by molar-refractivity contribution is 0.0680. The van der Waals surface area contributed by atoms with E-state index in [1.54, 1.807) is 0 Å². The molecule has 0 spiro atoms. The van der Waals surface area contributed by atoms with E-state index < -0.39 is 0 Å². The number of imidazole rings is 1. The standard InChI is InChI=1S/C21H28N4O3/c1-3-9-25-18(13-26-4-2)24-19-20(25)16-11-14(7-8-17(16)23-21(19)22)28-12-15-6-5-10-27-15/h7-8,11,15H,3-6,9-10,12-13H2,1-2H3,(H2,22,23). The fraction of sp³-hybridized carbons (Fsp3) is 0.524. The molecule has 150 valence electrons. The third-order valence-electron chi connectivity index (χ3n) is 5.10. The predicted octanol–water partition coefficient (Wildman–Crippen LogP) is 3.67. The Hall–Kier alpha value is -2.38. The number of hydrogen-bond acceptors (Lipinski definition) is 6. The molecule has 1 aromatic carbocycles. The van der Waals surface area contributed by atoms with Crippen molar-refractivity contribution in [1.82, 2.24) is 14.5 Å². The average Bonchev–Trinajstić information content (AvgIpc) is 3.34. The molecule has 7 nitrogen and oxygen atoms in total. The molecule has 1 unspecified atom stereocenters. The van der Waals surface area contributed by atoms with Crippen LogP contribution >= 0.6 is 0 Å². The van der Waals surface area contributed by atoms with Crippen LogP contribution in [0.5, 0.6) is 5.75 Å². The highest BCUT2D eigenvalue weighted by molar-refractivity contribution is 6.07.